The molecule has 4 atom stereocenters. The molecule has 0 aromatic carbocycles. The van der Waals surface area contributed by atoms with E-state index in [0.717, 1.165) is 6.16 Å². The molecule has 0 spiro atoms. The molecule has 1 aliphatic rings. The number of H-pyrrole nitrogens is 2. The van der Waals surface area contributed by atoms with Crippen molar-refractivity contribution in [1.29, 1.82) is 0 Å². The summed E-state index contributed by atoms with van der Waals surface area (Å²) in [5, 5.41) is 20.8. The van der Waals surface area contributed by atoms with Crippen molar-refractivity contribution >= 4 is 36.6 Å². The highest BCUT2D eigenvalue weighted by Crippen LogP contribution is 2.39. The molecule has 138 valence electrons. The molecule has 0 aliphatic carbocycles. The second-order valence-corrected chi connectivity index (χ2v) is 11.8. The lowest BCUT2D eigenvalue weighted by Gasteiger charge is -2.18. The topological polar surface area (TPSA) is 116 Å². The van der Waals surface area contributed by atoms with Crippen LogP contribution >= 0.6 is 19.1 Å². The fourth-order valence-electron chi connectivity index (χ4n) is 3.02. The van der Waals surface area contributed by atoms with Gasteiger partial charge in [0, 0.05) is 0 Å². The number of rotatable bonds is 4. The number of aliphatic hydroxyl groups excluding tert-OH is 2. The molecule has 1 unspecified atom stereocenters. The third-order valence-corrected chi connectivity index (χ3v) is 6.08. The lowest BCUT2D eigenvalue weighted by molar-refractivity contribution is -0.0360. The van der Waals surface area contributed by atoms with Gasteiger partial charge >= 0.3 is 0 Å². The van der Waals surface area contributed by atoms with Crippen molar-refractivity contribution in [3.8, 4) is 0 Å². The van der Waals surface area contributed by atoms with Crippen LogP contribution in [-0.4, -0.2) is 73.8 Å². The molecule has 0 saturated carbocycles. The normalized spacial score (nSPS) is 27.2. The monoisotopic (exact) mass is 386 g/mol. The molecule has 2 aromatic heterocycles. The van der Waals surface area contributed by atoms with E-state index in [1.54, 1.807) is 6.92 Å². The maximum absolute atomic E-state index is 12.1. The Morgan fingerprint density at radius 2 is 2.04 bits per heavy atom. The summed E-state index contributed by atoms with van der Waals surface area (Å²) < 4.78 is 7.58. The number of aromatic amines is 2. The van der Waals surface area contributed by atoms with Gasteiger partial charge in [0.25, 0.3) is 5.56 Å². The second-order valence-electron chi connectivity index (χ2n) is 7.14. The van der Waals surface area contributed by atoms with E-state index < -0.39 is 31.4 Å². The first-order valence-corrected chi connectivity index (χ1v) is 11.4. The zero-order valence-electron chi connectivity index (χ0n) is 14.4. The van der Waals surface area contributed by atoms with Gasteiger partial charge in [-0.1, -0.05) is 0 Å². The molecule has 25 heavy (non-hydrogen) atoms. The fourth-order valence-corrected chi connectivity index (χ4v) is 4.26. The summed E-state index contributed by atoms with van der Waals surface area (Å²) in [7, 11) is 0. The Bertz CT molecular complexity index is 959. The molecule has 0 radical (unpaired) electrons. The van der Waals surface area contributed by atoms with Gasteiger partial charge in [-0.05, 0) is 45.1 Å². The van der Waals surface area contributed by atoms with E-state index in [2.05, 4.69) is 34.6 Å². The molecular weight excluding hydrogens is 363 g/mol. The minimum atomic E-state index is -1.27. The molecule has 3 rings (SSSR count). The Balaban J connectivity index is 1.98. The van der Waals surface area contributed by atoms with Gasteiger partial charge in [0.15, 0.2) is 22.2 Å². The van der Waals surface area contributed by atoms with Crippen LogP contribution in [0.1, 0.15) is 18.5 Å². The molecule has 3 heterocycles. The molecule has 1 aliphatic heterocycles. The van der Waals surface area contributed by atoms with Crippen molar-refractivity contribution in [1.82, 2.24) is 19.5 Å². The van der Waals surface area contributed by atoms with Crippen LogP contribution in [0.2, 0.25) is 0 Å². The highest BCUT2D eigenvalue weighted by molar-refractivity contribution is 7.72. The first-order chi connectivity index (χ1) is 11.6. The standard InChI is InChI=1S/C15H23N4O4PS/c1-7-16-12-9(13(22)17-7)18-15(25)19(12)14-11(21)10(20)8(23-14)5-6-24(2,3)4/h8,10-11,14,20-21H,2,5-6H2,1,3-4H3,(H,18,25)(H,16,17,22)/t8?,10-,11-,14-/m1/s1. The second kappa shape index (κ2) is 6.48. The average molecular weight is 386 g/mol. The van der Waals surface area contributed by atoms with E-state index in [9.17, 15) is 15.0 Å². The van der Waals surface area contributed by atoms with Crippen molar-refractivity contribution in [2.24, 2.45) is 0 Å². The Kier molecular flexibility index (Phi) is 4.81. The van der Waals surface area contributed by atoms with E-state index in [-0.39, 0.29) is 15.8 Å². The summed E-state index contributed by atoms with van der Waals surface area (Å²) in [6, 6.07) is 0. The Morgan fingerprint density at radius 3 is 2.68 bits per heavy atom. The van der Waals surface area contributed by atoms with Crippen molar-refractivity contribution in [2.75, 3.05) is 19.5 Å². The molecule has 8 nitrogen and oxygen atoms in total. The van der Waals surface area contributed by atoms with Gasteiger partial charge in [0.2, 0.25) is 0 Å². The maximum atomic E-state index is 12.1. The lowest BCUT2D eigenvalue weighted by Crippen LogP contribution is -2.32. The zero-order chi connectivity index (χ0) is 18.5. The van der Waals surface area contributed by atoms with Gasteiger partial charge in [0.05, 0.1) is 6.10 Å². The van der Waals surface area contributed by atoms with Crippen molar-refractivity contribution in [3.05, 3.63) is 20.9 Å². The minimum absolute atomic E-state index is 0.209. The number of imidazole rings is 1. The Labute approximate surface area is 149 Å². The maximum Gasteiger partial charge on any atom is 0.276 e. The highest BCUT2D eigenvalue weighted by Gasteiger charge is 2.44. The summed E-state index contributed by atoms with van der Waals surface area (Å²) in [5.41, 5.74) is 0.169. The predicted octanol–water partition coefficient (Wildman–Crippen LogP) is 0.809. The SMILES string of the molecule is C=P(C)(C)CCC1O[C@@H](n2c(=S)[nH]c3c(=O)[nH]c(C)nc32)[C@H](O)[C@@H]1O. The number of aromatic nitrogens is 4. The largest absolute Gasteiger partial charge is 0.388 e. The van der Waals surface area contributed by atoms with Crippen molar-refractivity contribution in [2.45, 2.75) is 37.9 Å². The number of ether oxygens (including phenoxy) is 1. The number of nitrogens with zero attached hydrogens (tertiary/aromatic N) is 2. The van der Waals surface area contributed by atoms with Crippen LogP contribution in [0.5, 0.6) is 0 Å². The van der Waals surface area contributed by atoms with Crippen LogP contribution in [-0.2, 0) is 4.74 Å². The average Bonchev–Trinajstić information content (AvgIpc) is 2.95. The smallest absolute Gasteiger partial charge is 0.276 e. The first kappa shape index (κ1) is 18.5. The number of hydrogen-bond acceptors (Lipinski definition) is 6. The minimum Gasteiger partial charge on any atom is -0.388 e. The van der Waals surface area contributed by atoms with E-state index in [4.69, 9.17) is 17.0 Å². The molecule has 1 fully saturated rings. The first-order valence-electron chi connectivity index (χ1n) is 7.98. The van der Waals surface area contributed by atoms with Gasteiger partial charge in [-0.2, -0.15) is 0 Å². The molecular formula is C15H23N4O4PS. The summed E-state index contributed by atoms with van der Waals surface area (Å²) in [5.74, 6) is 0.424. The molecule has 10 heteroatoms. The fraction of sp³-hybridized carbons (Fsp3) is 0.600. The van der Waals surface area contributed by atoms with E-state index in [1.165, 1.54) is 4.57 Å². The zero-order valence-corrected chi connectivity index (χ0v) is 16.1. The molecule has 2 aromatic rings. The van der Waals surface area contributed by atoms with Gasteiger partial charge in [-0.15, -0.1) is 13.2 Å². The van der Waals surface area contributed by atoms with Gasteiger partial charge in [0.1, 0.15) is 18.0 Å². The lowest BCUT2D eigenvalue weighted by atomic mass is 10.1. The van der Waals surface area contributed by atoms with E-state index in [1.807, 2.05) is 0 Å². The van der Waals surface area contributed by atoms with Crippen molar-refractivity contribution in [3.63, 3.8) is 0 Å². The number of aliphatic hydroxyl groups is 2. The summed E-state index contributed by atoms with van der Waals surface area (Å²) in [4.78, 5) is 21.8. The van der Waals surface area contributed by atoms with Crippen molar-refractivity contribution < 1.29 is 14.9 Å². The number of nitrogens with one attached hydrogen (secondary N) is 2. The van der Waals surface area contributed by atoms with E-state index >= 15 is 0 Å². The number of hydrogen-bond donors (Lipinski definition) is 4. The van der Waals surface area contributed by atoms with Crippen LogP contribution in [0.4, 0.5) is 0 Å². The third kappa shape index (κ3) is 3.52. The number of aryl methyl sites for hydroxylation is 1. The van der Waals surface area contributed by atoms with Gasteiger partial charge < -0.3 is 24.9 Å². The van der Waals surface area contributed by atoms with Crippen LogP contribution in [0, 0.1) is 11.7 Å². The third-order valence-electron chi connectivity index (χ3n) is 4.31. The summed E-state index contributed by atoms with van der Waals surface area (Å²) in [6.45, 7) is 4.60. The molecule has 4 N–H and O–H groups in total. The number of fused-ring (bicyclic) bond motifs is 1. The summed E-state index contributed by atoms with van der Waals surface area (Å²) >= 11 is 5.28. The van der Waals surface area contributed by atoms with Gasteiger partial charge in [-0.3, -0.25) is 9.36 Å². The highest BCUT2D eigenvalue weighted by atomic mass is 32.1. The van der Waals surface area contributed by atoms with Crippen LogP contribution < -0.4 is 5.56 Å². The van der Waals surface area contributed by atoms with Crippen LogP contribution in [0.15, 0.2) is 4.79 Å². The quantitative estimate of drug-likeness (QED) is 0.457. The molecule has 0 bridgehead atoms. The van der Waals surface area contributed by atoms with Crippen LogP contribution in [0.3, 0.4) is 0 Å². The Morgan fingerprint density at radius 1 is 1.36 bits per heavy atom. The van der Waals surface area contributed by atoms with Gasteiger partial charge in [-0.25, -0.2) is 4.98 Å². The molecule has 0 amide bonds. The van der Waals surface area contributed by atoms with E-state index in [0.29, 0.717) is 17.9 Å². The summed E-state index contributed by atoms with van der Waals surface area (Å²) in [6.07, 6.45) is 1.97. The Hall–Kier alpha value is -1.25. The molecule has 1 saturated heterocycles. The predicted molar refractivity (Wildman–Crippen MR) is 102 cm³/mol. The van der Waals surface area contributed by atoms with Crippen LogP contribution in [0.25, 0.3) is 11.2 Å².